The molecule has 9 heteroatoms. The molecule has 0 unspecified atom stereocenters. The van der Waals surface area contributed by atoms with Crippen molar-refractivity contribution in [3.63, 3.8) is 0 Å². The summed E-state index contributed by atoms with van der Waals surface area (Å²) in [6.07, 6.45) is 0.612. The number of carbonyl (C=O) groups excluding carboxylic acids is 3. The lowest BCUT2D eigenvalue weighted by molar-refractivity contribution is -0.136. The number of hydrogen-bond donors (Lipinski definition) is 3. The largest absolute Gasteiger partial charge is 0.446 e. The van der Waals surface area contributed by atoms with E-state index in [1.165, 1.54) is 12.1 Å². The van der Waals surface area contributed by atoms with Gasteiger partial charge in [-0.2, -0.15) is 5.10 Å². The van der Waals surface area contributed by atoms with Crippen LogP contribution in [-0.2, 0) is 14.3 Å². The zero-order valence-electron chi connectivity index (χ0n) is 18.6. The van der Waals surface area contributed by atoms with Crippen LogP contribution in [0.4, 0.5) is 15.0 Å². The second-order valence-corrected chi connectivity index (χ2v) is 8.25. The normalized spacial score (nSPS) is 12.4. The van der Waals surface area contributed by atoms with Gasteiger partial charge >= 0.3 is 6.09 Å². The highest BCUT2D eigenvalue weighted by Gasteiger charge is 2.30. The number of anilines is 1. The van der Waals surface area contributed by atoms with Crippen LogP contribution in [0.1, 0.15) is 53.9 Å². The number of H-pyrrole nitrogens is 1. The Kier molecular flexibility index (Phi) is 8.53. The van der Waals surface area contributed by atoms with Gasteiger partial charge in [0.1, 0.15) is 18.0 Å². The monoisotopic (exact) mass is 434 g/mol. The first-order valence-electron chi connectivity index (χ1n) is 10.6. The van der Waals surface area contributed by atoms with Gasteiger partial charge in [-0.25, -0.2) is 9.18 Å². The maximum absolute atomic E-state index is 14.1. The molecule has 8 nitrogen and oxygen atoms in total. The van der Waals surface area contributed by atoms with Crippen LogP contribution in [-0.4, -0.2) is 40.1 Å². The molecule has 3 N–H and O–H groups in total. The molecule has 0 aliphatic carbocycles. The number of ether oxygens (including phenoxy) is 1. The molecule has 0 spiro atoms. The van der Waals surface area contributed by atoms with E-state index in [-0.39, 0.29) is 35.6 Å². The highest BCUT2D eigenvalue weighted by molar-refractivity contribution is 6.43. The Hall–Kier alpha value is -2.97. The minimum Gasteiger partial charge on any atom is -0.446 e. The number of aromatic nitrogens is 2. The summed E-state index contributed by atoms with van der Waals surface area (Å²) in [7, 11) is 0. The first kappa shape index (κ1) is 24.3. The standard InChI is InChI=1S/C22H31FN4O4/c1-6-7-10-16(24-22(30)31-19(12(2)3)13(4)5)18(28)21(29)25-20-17-14(23)9-8-11-15(17)26-27-20/h8-9,11-13,16,19H,6-7,10H2,1-5H3,(H,24,30)(H2,25,26,27,29)/t16-/m0/s1. The Balaban J connectivity index is 2.12. The van der Waals surface area contributed by atoms with E-state index in [4.69, 9.17) is 4.74 Å². The molecule has 170 valence electrons. The lowest BCUT2D eigenvalue weighted by Gasteiger charge is -2.26. The summed E-state index contributed by atoms with van der Waals surface area (Å²) >= 11 is 0. The molecule has 0 saturated carbocycles. The van der Waals surface area contributed by atoms with E-state index in [1.807, 2.05) is 34.6 Å². The van der Waals surface area contributed by atoms with Crippen LogP contribution in [0, 0.1) is 17.7 Å². The fraction of sp³-hybridized carbons (Fsp3) is 0.545. The van der Waals surface area contributed by atoms with Crippen LogP contribution in [0.15, 0.2) is 18.2 Å². The Morgan fingerprint density at radius 3 is 2.45 bits per heavy atom. The van der Waals surface area contributed by atoms with Crippen LogP contribution < -0.4 is 10.6 Å². The molecule has 0 saturated heterocycles. The second kappa shape index (κ2) is 10.9. The van der Waals surface area contributed by atoms with Gasteiger partial charge in [-0.05, 0) is 30.4 Å². The number of nitrogens with zero attached hydrogens (tertiary/aromatic N) is 1. The van der Waals surface area contributed by atoms with E-state index in [1.54, 1.807) is 6.07 Å². The van der Waals surface area contributed by atoms with Crippen molar-refractivity contribution in [3.8, 4) is 0 Å². The highest BCUT2D eigenvalue weighted by Crippen LogP contribution is 2.23. The minimum atomic E-state index is -1.05. The van der Waals surface area contributed by atoms with Crippen molar-refractivity contribution in [2.45, 2.75) is 66.0 Å². The molecule has 1 heterocycles. The molecular weight excluding hydrogens is 403 g/mol. The molecule has 1 atom stereocenters. The predicted octanol–water partition coefficient (Wildman–Crippen LogP) is 4.18. The summed E-state index contributed by atoms with van der Waals surface area (Å²) < 4.78 is 19.6. The smallest absolute Gasteiger partial charge is 0.408 e. The molecule has 2 amide bonds. The number of fused-ring (bicyclic) bond motifs is 1. The topological polar surface area (TPSA) is 113 Å². The lowest BCUT2D eigenvalue weighted by atomic mass is 9.96. The minimum absolute atomic E-state index is 0.0806. The molecule has 2 aromatic rings. The molecule has 0 radical (unpaired) electrons. The first-order valence-corrected chi connectivity index (χ1v) is 10.6. The molecule has 0 fully saturated rings. The van der Waals surface area contributed by atoms with Gasteiger partial charge < -0.3 is 15.4 Å². The van der Waals surface area contributed by atoms with Crippen molar-refractivity contribution in [2.24, 2.45) is 11.8 Å². The number of unbranched alkanes of at least 4 members (excludes halogenated alkanes) is 1. The number of nitrogens with one attached hydrogen (secondary N) is 3. The summed E-state index contributed by atoms with van der Waals surface area (Å²) in [4.78, 5) is 37.7. The van der Waals surface area contributed by atoms with Crippen LogP contribution >= 0.6 is 0 Å². The Morgan fingerprint density at radius 1 is 1.16 bits per heavy atom. The highest BCUT2D eigenvalue weighted by atomic mass is 19.1. The lowest BCUT2D eigenvalue weighted by Crippen LogP contribution is -2.47. The summed E-state index contributed by atoms with van der Waals surface area (Å²) in [6.45, 7) is 9.71. The van der Waals surface area contributed by atoms with Gasteiger partial charge in [0.05, 0.1) is 10.9 Å². The number of aromatic amines is 1. The molecule has 0 bridgehead atoms. The molecular formula is C22H31FN4O4. The average Bonchev–Trinajstić information content (AvgIpc) is 3.12. The number of alkyl carbamates (subject to hydrolysis) is 1. The number of carbonyl (C=O) groups is 3. The van der Waals surface area contributed by atoms with E-state index in [2.05, 4.69) is 20.8 Å². The molecule has 1 aromatic carbocycles. The van der Waals surface area contributed by atoms with Gasteiger partial charge in [0.2, 0.25) is 5.78 Å². The third kappa shape index (κ3) is 6.26. The van der Waals surface area contributed by atoms with Gasteiger partial charge in [0.25, 0.3) is 5.91 Å². The van der Waals surface area contributed by atoms with Crippen molar-refractivity contribution >= 4 is 34.5 Å². The fourth-order valence-electron chi connectivity index (χ4n) is 3.47. The summed E-state index contributed by atoms with van der Waals surface area (Å²) in [6, 6.07) is 3.29. The van der Waals surface area contributed by atoms with Crippen LogP contribution in [0.5, 0.6) is 0 Å². The zero-order chi connectivity index (χ0) is 23.1. The Labute approximate surface area is 181 Å². The number of ketones is 1. The van der Waals surface area contributed by atoms with Crippen molar-refractivity contribution in [1.82, 2.24) is 15.5 Å². The van der Waals surface area contributed by atoms with E-state index in [0.29, 0.717) is 11.9 Å². The zero-order valence-corrected chi connectivity index (χ0v) is 18.6. The quantitative estimate of drug-likeness (QED) is 0.486. The molecule has 2 rings (SSSR count). The SMILES string of the molecule is CCCC[C@H](NC(=O)OC(C(C)C)C(C)C)C(=O)C(=O)Nc1n[nH]c2cccc(F)c12. The fourth-order valence-corrected chi connectivity index (χ4v) is 3.47. The Bertz CT molecular complexity index is 917. The van der Waals surface area contributed by atoms with Crippen LogP contribution in [0.2, 0.25) is 0 Å². The molecule has 31 heavy (non-hydrogen) atoms. The van der Waals surface area contributed by atoms with E-state index < -0.39 is 29.6 Å². The van der Waals surface area contributed by atoms with Crippen LogP contribution in [0.3, 0.4) is 0 Å². The molecule has 1 aromatic heterocycles. The number of Topliss-reactive ketones (excluding diaryl/α,β-unsaturated/α-hetero) is 1. The van der Waals surface area contributed by atoms with Crippen LogP contribution in [0.25, 0.3) is 10.9 Å². The number of halogens is 1. The average molecular weight is 435 g/mol. The Morgan fingerprint density at radius 2 is 1.84 bits per heavy atom. The van der Waals surface area contributed by atoms with Crippen molar-refractivity contribution in [3.05, 3.63) is 24.0 Å². The van der Waals surface area contributed by atoms with Gasteiger partial charge in [0, 0.05) is 0 Å². The van der Waals surface area contributed by atoms with E-state index in [0.717, 1.165) is 6.42 Å². The molecule has 0 aliphatic rings. The first-order chi connectivity index (χ1) is 14.6. The third-order valence-corrected chi connectivity index (χ3v) is 5.01. The predicted molar refractivity (Wildman–Crippen MR) is 116 cm³/mol. The summed E-state index contributed by atoms with van der Waals surface area (Å²) in [5.41, 5.74) is 0.389. The third-order valence-electron chi connectivity index (χ3n) is 5.01. The molecule has 0 aliphatic heterocycles. The van der Waals surface area contributed by atoms with Crippen molar-refractivity contribution in [1.29, 1.82) is 0 Å². The summed E-state index contributed by atoms with van der Waals surface area (Å²) in [5, 5.41) is 11.4. The number of hydrogen-bond acceptors (Lipinski definition) is 5. The maximum atomic E-state index is 14.1. The summed E-state index contributed by atoms with van der Waals surface area (Å²) in [5.74, 6) is -2.29. The second-order valence-electron chi connectivity index (χ2n) is 8.25. The number of amides is 2. The maximum Gasteiger partial charge on any atom is 0.408 e. The van der Waals surface area contributed by atoms with E-state index >= 15 is 0 Å². The van der Waals surface area contributed by atoms with Gasteiger partial charge in [-0.1, -0.05) is 53.5 Å². The van der Waals surface area contributed by atoms with E-state index in [9.17, 15) is 18.8 Å². The van der Waals surface area contributed by atoms with Gasteiger partial charge in [-0.15, -0.1) is 0 Å². The number of rotatable bonds is 10. The number of benzene rings is 1. The van der Waals surface area contributed by atoms with Crippen molar-refractivity contribution in [2.75, 3.05) is 5.32 Å². The van der Waals surface area contributed by atoms with Crippen molar-refractivity contribution < 1.29 is 23.5 Å². The van der Waals surface area contributed by atoms with Gasteiger partial charge in [0.15, 0.2) is 5.82 Å². The van der Waals surface area contributed by atoms with Gasteiger partial charge in [-0.3, -0.25) is 14.7 Å².